The predicted molar refractivity (Wildman–Crippen MR) is 338 cm³/mol. The summed E-state index contributed by atoms with van der Waals surface area (Å²) in [5, 5.41) is 47.8. The minimum atomic E-state index is -1.78. The number of carboxylic acids is 1. The van der Waals surface area contributed by atoms with Gasteiger partial charge in [0.15, 0.2) is 6.04 Å². The van der Waals surface area contributed by atoms with Crippen LogP contribution < -0.4 is 31.9 Å². The van der Waals surface area contributed by atoms with Gasteiger partial charge in [-0.05, 0) is 122 Å². The molecule has 0 heterocycles. The summed E-state index contributed by atoms with van der Waals surface area (Å²) in [6.45, 7) is 31.1. The van der Waals surface area contributed by atoms with Crippen molar-refractivity contribution in [3.8, 4) is 0 Å². The quantitative estimate of drug-likeness (QED) is 0.0401. The monoisotopic (exact) mass is 1250 g/mol. The van der Waals surface area contributed by atoms with Crippen LogP contribution in [0.4, 0.5) is 0 Å². The molecule has 506 valence electrons. The van der Waals surface area contributed by atoms with E-state index in [2.05, 4.69) is 31.9 Å². The van der Waals surface area contributed by atoms with Crippen molar-refractivity contribution in [1.29, 1.82) is 0 Å². The highest BCUT2D eigenvalue weighted by Gasteiger charge is 2.45. The van der Waals surface area contributed by atoms with Crippen molar-refractivity contribution in [2.24, 2.45) is 41.4 Å². The summed E-state index contributed by atoms with van der Waals surface area (Å²) in [7, 11) is 8.68. The van der Waals surface area contributed by atoms with Gasteiger partial charge in [0.2, 0.25) is 59.1 Å². The second kappa shape index (κ2) is 38.4. The average molecular weight is 1250 g/mol. The first-order chi connectivity index (χ1) is 40.5. The Morgan fingerprint density at radius 1 is 0.409 bits per heavy atom. The Kier molecular flexibility index (Phi) is 35.7. The molecular weight excluding hydrogens is 1130 g/mol. The molecule has 0 aliphatic heterocycles. The summed E-state index contributed by atoms with van der Waals surface area (Å²) >= 11 is 0. The number of nitrogens with one attached hydrogen (secondary N) is 6. The lowest BCUT2D eigenvalue weighted by Crippen LogP contribution is -2.63. The molecule has 0 spiro atoms. The van der Waals surface area contributed by atoms with Crippen molar-refractivity contribution in [3.05, 3.63) is 12.2 Å². The van der Waals surface area contributed by atoms with Crippen LogP contribution in [0.3, 0.4) is 0 Å². The van der Waals surface area contributed by atoms with Gasteiger partial charge in [0.05, 0.1) is 18.2 Å². The molecule has 10 amide bonds. The largest absolute Gasteiger partial charge is 0.480 e. The smallest absolute Gasteiger partial charge is 0.328 e. The van der Waals surface area contributed by atoms with Gasteiger partial charge in [-0.1, -0.05) is 102 Å². The van der Waals surface area contributed by atoms with Gasteiger partial charge in [0, 0.05) is 35.2 Å². The van der Waals surface area contributed by atoms with E-state index in [0.29, 0.717) is 6.42 Å². The number of carbonyl (C=O) groups excluding carboxylic acids is 10. The van der Waals surface area contributed by atoms with E-state index in [4.69, 9.17) is 0 Å². The second-order valence-corrected chi connectivity index (χ2v) is 26.5. The summed E-state index contributed by atoms with van der Waals surface area (Å²) in [6.07, 6.45) is 1.62. The van der Waals surface area contributed by atoms with E-state index in [1.165, 1.54) is 63.7 Å². The number of aliphatic hydroxyl groups excluding tert-OH is 2. The summed E-state index contributed by atoms with van der Waals surface area (Å²) in [6, 6.07) is -13.3. The Labute approximate surface area is 525 Å². The summed E-state index contributed by atoms with van der Waals surface area (Å²) < 4.78 is 0. The first kappa shape index (κ1) is 81.8. The summed E-state index contributed by atoms with van der Waals surface area (Å²) in [4.78, 5) is 160. The maximum absolute atomic E-state index is 14.8. The van der Waals surface area contributed by atoms with Crippen molar-refractivity contribution >= 4 is 65.0 Å². The highest BCUT2D eigenvalue weighted by atomic mass is 16.4. The van der Waals surface area contributed by atoms with Crippen LogP contribution in [0.5, 0.6) is 0 Å². The Bertz CT molecular complexity index is 2350. The zero-order valence-electron chi connectivity index (χ0n) is 57.5. The predicted octanol–water partition coefficient (Wildman–Crippen LogP) is 2.51. The van der Waals surface area contributed by atoms with Gasteiger partial charge in [-0.25, -0.2) is 4.79 Å². The molecule has 14 atom stereocenters. The number of rotatable bonds is 38. The second-order valence-electron chi connectivity index (χ2n) is 26.5. The number of nitrogens with zero attached hydrogens (tertiary/aromatic N) is 5. The van der Waals surface area contributed by atoms with Crippen molar-refractivity contribution in [2.75, 3.05) is 42.3 Å². The highest BCUT2D eigenvalue weighted by Crippen LogP contribution is 2.24. The van der Waals surface area contributed by atoms with Crippen molar-refractivity contribution in [1.82, 2.24) is 56.4 Å². The fourth-order valence-electron chi connectivity index (χ4n) is 10.4. The third-order valence-electron chi connectivity index (χ3n) is 15.7. The van der Waals surface area contributed by atoms with Crippen molar-refractivity contribution in [2.45, 2.75) is 242 Å². The number of aliphatic hydroxyl groups is 2. The van der Waals surface area contributed by atoms with Gasteiger partial charge in [-0.15, -0.1) is 0 Å². The Morgan fingerprint density at radius 2 is 0.761 bits per heavy atom. The molecule has 0 aromatic carbocycles. The van der Waals surface area contributed by atoms with Gasteiger partial charge in [0.1, 0.15) is 54.4 Å². The standard InChI is InChI=1S/C63H115N11O14/c1-25-26-27-39(14)52(76)51(57(81)69-49(43(18)75)63(87)88)74(24)62(86)50(38(12)13)73(23)61(85)45(29-34(4)5)68-56(80)48(32-37(10)11)71(21)59(83)42(17)66-53(77)40(15)65-54(78)46(30-35(6)7)72(22)60(84)44(28-33(2)3)67-55(79)47(31-36(8)9)70(20)58(82)41(16)64-19/h25-26,33-52,64,75-76H,27-32H2,1-24H3,(H,65,78)(H,66,77)(H,67,79)(H,68,80)(H,69,81)(H,87,88)/b26-25+/t39-,40+,41-,42-,43-,44+,45+,46+,47+,48+,49+,50+,51+,52-/m1/s1. The summed E-state index contributed by atoms with van der Waals surface area (Å²) in [5.41, 5.74) is 0. The average Bonchev–Trinajstić information content (AvgIpc) is 1.79. The third kappa shape index (κ3) is 25.3. The zero-order chi connectivity index (χ0) is 68.7. The molecule has 0 aliphatic carbocycles. The van der Waals surface area contributed by atoms with Crippen molar-refractivity contribution < 1.29 is 68.1 Å². The number of carbonyl (C=O) groups is 11. The van der Waals surface area contributed by atoms with Crippen LogP contribution in [0.15, 0.2) is 12.2 Å². The molecule has 0 saturated heterocycles. The maximum atomic E-state index is 14.8. The molecule has 0 radical (unpaired) electrons. The van der Waals surface area contributed by atoms with Crippen molar-refractivity contribution in [3.63, 3.8) is 0 Å². The molecule has 25 nitrogen and oxygen atoms in total. The van der Waals surface area contributed by atoms with Crippen LogP contribution in [0, 0.1) is 41.4 Å². The Morgan fingerprint density at radius 3 is 1.11 bits per heavy atom. The number of carboxylic acid groups (broad SMARTS) is 1. The minimum absolute atomic E-state index is 0.0206. The van der Waals surface area contributed by atoms with E-state index < -0.39 is 150 Å². The zero-order valence-corrected chi connectivity index (χ0v) is 57.5. The molecule has 0 rings (SSSR count). The van der Waals surface area contributed by atoms with E-state index in [1.807, 2.05) is 69.2 Å². The topological polar surface area (TPSA) is 337 Å². The first-order valence-electron chi connectivity index (χ1n) is 31.2. The van der Waals surface area contributed by atoms with Crippen LogP contribution in [0.25, 0.3) is 0 Å². The summed E-state index contributed by atoms with van der Waals surface area (Å²) in [5.74, 6) is -10.0. The van der Waals surface area contributed by atoms with E-state index >= 15 is 0 Å². The van der Waals surface area contributed by atoms with Gasteiger partial charge in [-0.3, -0.25) is 47.9 Å². The van der Waals surface area contributed by atoms with Gasteiger partial charge in [0.25, 0.3) is 0 Å². The molecule has 9 N–H and O–H groups in total. The maximum Gasteiger partial charge on any atom is 0.328 e. The van der Waals surface area contributed by atoms with E-state index in [-0.39, 0.29) is 67.6 Å². The van der Waals surface area contributed by atoms with Crippen LogP contribution >= 0.6 is 0 Å². The number of allylic oxidation sites excluding steroid dienone is 2. The molecule has 0 aromatic heterocycles. The molecule has 88 heavy (non-hydrogen) atoms. The van der Waals surface area contributed by atoms with Crippen LogP contribution in [0.2, 0.25) is 0 Å². The fraction of sp³-hybridized carbons (Fsp3) is 0.794. The lowest BCUT2D eigenvalue weighted by molar-refractivity contribution is -0.155. The van der Waals surface area contributed by atoms with E-state index in [1.54, 1.807) is 60.9 Å². The number of hydrogen-bond donors (Lipinski definition) is 9. The molecule has 0 aromatic rings. The first-order valence-corrected chi connectivity index (χ1v) is 31.2. The van der Waals surface area contributed by atoms with Gasteiger partial charge in [-0.2, -0.15) is 0 Å². The van der Waals surface area contributed by atoms with Crippen LogP contribution in [-0.4, -0.2) is 226 Å². The number of amides is 10. The Balaban J connectivity index is 6.86. The molecule has 0 saturated carbocycles. The molecular formula is C63H115N11O14. The number of hydrogen-bond acceptors (Lipinski definition) is 14. The van der Waals surface area contributed by atoms with Gasteiger partial charge < -0.3 is 71.7 Å². The minimum Gasteiger partial charge on any atom is -0.480 e. The Hall–Kier alpha value is -6.21. The van der Waals surface area contributed by atoms with Crippen LogP contribution in [0.1, 0.15) is 163 Å². The molecule has 0 bridgehead atoms. The third-order valence-corrected chi connectivity index (χ3v) is 15.7. The lowest BCUT2D eigenvalue weighted by Gasteiger charge is -2.40. The normalized spacial score (nSPS) is 16.6. The molecule has 0 fully saturated rings. The highest BCUT2D eigenvalue weighted by molar-refractivity contribution is 5.99. The number of likely N-dealkylation sites (N-methyl/N-ethyl adjacent to an activating group) is 6. The molecule has 0 unspecified atom stereocenters. The lowest BCUT2D eigenvalue weighted by atomic mass is 9.91. The SMILES string of the molecule is C/C=C/C[C@@H](C)[C@@H](O)[C@@H](C(=O)N[C@H](C(=O)O)[C@@H](C)O)N(C)C(=O)[C@H](C(C)C)N(C)C(=O)[C@H](CC(C)C)NC(=O)[C@H](CC(C)C)N(C)C(=O)[C@@H](C)NC(=O)[C@H](C)NC(=O)[C@H](CC(C)C)N(C)C(=O)[C@H](CC(C)C)NC(=O)[C@H](CC(C)C)N(C)C(=O)[C@@H](C)NC. The fourth-order valence-corrected chi connectivity index (χ4v) is 10.4. The van der Waals surface area contributed by atoms with Crippen LogP contribution in [-0.2, 0) is 52.7 Å². The molecule has 25 heteroatoms. The number of aliphatic carboxylic acids is 1. The van der Waals surface area contributed by atoms with E-state index in [0.717, 1.165) is 9.80 Å². The molecule has 0 aliphatic rings. The van der Waals surface area contributed by atoms with Gasteiger partial charge >= 0.3 is 5.97 Å². The van der Waals surface area contributed by atoms with E-state index in [9.17, 15) is 68.1 Å².